The Kier molecular flexibility index (Phi) is 6.47. The molecule has 30 heavy (non-hydrogen) atoms. The monoisotopic (exact) mass is 435 g/mol. The molecule has 0 amide bonds. The fraction of sp³-hybridized carbons (Fsp3) is 0.167. The van der Waals surface area contributed by atoms with Crippen LogP contribution in [-0.2, 0) is 6.61 Å². The lowest BCUT2D eigenvalue weighted by Crippen LogP contribution is -2.02. The molecule has 1 N–H and O–H groups in total. The van der Waals surface area contributed by atoms with Crippen molar-refractivity contribution >= 4 is 24.1 Å². The molecule has 0 unspecified atom stereocenters. The molecular formula is C18H15F2N5O4S. The molecule has 156 valence electrons. The van der Waals surface area contributed by atoms with Crippen LogP contribution in [0, 0.1) is 14.9 Å². The number of benzene rings is 2. The largest absolute Gasteiger partial charge is 0.496 e. The highest BCUT2D eigenvalue weighted by Crippen LogP contribution is 2.23. The van der Waals surface area contributed by atoms with Crippen LogP contribution >= 0.6 is 12.2 Å². The molecule has 0 aliphatic heterocycles. The summed E-state index contributed by atoms with van der Waals surface area (Å²) in [5.41, 5.74) is 1.20. The summed E-state index contributed by atoms with van der Waals surface area (Å²) >= 11 is 4.91. The molecule has 0 saturated heterocycles. The number of ether oxygens (including phenoxy) is 2. The number of aromatic nitrogens is 3. The lowest BCUT2D eigenvalue weighted by molar-refractivity contribution is -0.384. The van der Waals surface area contributed by atoms with Crippen LogP contribution < -0.4 is 9.47 Å². The Morgan fingerprint density at radius 3 is 2.70 bits per heavy atom. The zero-order valence-electron chi connectivity index (χ0n) is 15.5. The number of nitro benzene ring substituents is 1. The number of halogens is 2. The number of nitrogens with one attached hydrogen (secondary N) is 1. The summed E-state index contributed by atoms with van der Waals surface area (Å²) in [7, 11) is 1.50. The van der Waals surface area contributed by atoms with Gasteiger partial charge in [-0.2, -0.15) is 14.9 Å². The van der Waals surface area contributed by atoms with Crippen molar-refractivity contribution in [3.05, 3.63) is 74.3 Å². The van der Waals surface area contributed by atoms with Crippen molar-refractivity contribution < 1.29 is 23.2 Å². The molecule has 0 atom stereocenters. The predicted octanol–water partition coefficient (Wildman–Crippen LogP) is 4.26. The van der Waals surface area contributed by atoms with Crippen molar-refractivity contribution in [1.29, 1.82) is 0 Å². The molecule has 0 saturated carbocycles. The maximum Gasteiger partial charge on any atom is 0.299 e. The van der Waals surface area contributed by atoms with Crippen molar-refractivity contribution in [3.63, 3.8) is 0 Å². The van der Waals surface area contributed by atoms with E-state index in [1.165, 1.54) is 37.6 Å². The Morgan fingerprint density at radius 1 is 1.33 bits per heavy atom. The highest BCUT2D eigenvalue weighted by atomic mass is 32.1. The summed E-state index contributed by atoms with van der Waals surface area (Å²) in [6, 6.07) is 10.7. The Hall–Kier alpha value is -3.67. The van der Waals surface area contributed by atoms with Crippen LogP contribution in [-0.4, -0.2) is 33.1 Å². The third-order valence-electron chi connectivity index (χ3n) is 3.94. The van der Waals surface area contributed by atoms with Gasteiger partial charge in [-0.05, 0) is 48.1 Å². The Morgan fingerprint density at radius 2 is 2.07 bits per heavy atom. The Labute approximate surface area is 173 Å². The molecule has 0 fully saturated rings. The van der Waals surface area contributed by atoms with Crippen molar-refractivity contribution in [2.45, 2.75) is 13.0 Å². The second-order valence-corrected chi connectivity index (χ2v) is 6.24. The molecule has 9 nitrogen and oxygen atoms in total. The minimum atomic E-state index is -2.84. The fourth-order valence-electron chi connectivity index (χ4n) is 2.50. The van der Waals surface area contributed by atoms with E-state index in [-0.39, 0.29) is 17.1 Å². The average molecular weight is 435 g/mol. The van der Waals surface area contributed by atoms with E-state index in [9.17, 15) is 18.9 Å². The number of non-ortho nitro benzene ring substituents is 1. The minimum absolute atomic E-state index is 0.0424. The highest BCUT2D eigenvalue weighted by Gasteiger charge is 2.16. The van der Waals surface area contributed by atoms with Crippen molar-refractivity contribution in [1.82, 2.24) is 14.9 Å². The molecule has 12 heteroatoms. The third-order valence-corrected chi connectivity index (χ3v) is 4.20. The van der Waals surface area contributed by atoms with E-state index in [2.05, 4.69) is 15.3 Å². The predicted molar refractivity (Wildman–Crippen MR) is 106 cm³/mol. The topological polar surface area (TPSA) is 108 Å². The number of nitro groups is 1. The fourth-order valence-corrected chi connectivity index (χ4v) is 2.68. The van der Waals surface area contributed by atoms with E-state index >= 15 is 0 Å². The van der Waals surface area contributed by atoms with Gasteiger partial charge in [0.1, 0.15) is 18.1 Å². The van der Waals surface area contributed by atoms with Gasteiger partial charge in [0, 0.05) is 17.7 Å². The molecular weight excluding hydrogens is 420 g/mol. The van der Waals surface area contributed by atoms with Crippen LogP contribution in [0.2, 0.25) is 0 Å². The van der Waals surface area contributed by atoms with E-state index in [1.54, 1.807) is 18.2 Å². The first kappa shape index (κ1) is 21.0. The SMILES string of the molecule is COc1ccc(C=Nn2c(C(F)F)n[nH]c2=S)cc1COc1ccc([N+](=O)[O-])cc1. The quantitative estimate of drug-likeness (QED) is 0.245. The van der Waals surface area contributed by atoms with Crippen LogP contribution in [0.5, 0.6) is 11.5 Å². The van der Waals surface area contributed by atoms with E-state index in [0.29, 0.717) is 22.6 Å². The van der Waals surface area contributed by atoms with Gasteiger partial charge < -0.3 is 9.47 Å². The Bertz CT molecular complexity index is 1130. The number of methoxy groups -OCH3 is 1. The Balaban J connectivity index is 1.79. The summed E-state index contributed by atoms with van der Waals surface area (Å²) < 4.78 is 37.7. The normalized spacial score (nSPS) is 11.2. The smallest absolute Gasteiger partial charge is 0.299 e. The maximum atomic E-state index is 13.0. The first-order valence-corrected chi connectivity index (χ1v) is 8.84. The van der Waals surface area contributed by atoms with Crippen LogP contribution in [0.4, 0.5) is 14.5 Å². The van der Waals surface area contributed by atoms with Gasteiger partial charge in [-0.1, -0.05) is 0 Å². The first-order chi connectivity index (χ1) is 14.4. The van der Waals surface area contributed by atoms with Crippen molar-refractivity contribution in [3.8, 4) is 11.5 Å². The molecule has 1 aromatic heterocycles. The zero-order chi connectivity index (χ0) is 21.7. The number of nitrogens with zero attached hydrogens (tertiary/aromatic N) is 4. The van der Waals surface area contributed by atoms with Gasteiger partial charge >= 0.3 is 0 Å². The summed E-state index contributed by atoms with van der Waals surface area (Å²) in [6.07, 6.45) is -1.48. The zero-order valence-corrected chi connectivity index (χ0v) is 16.3. The third kappa shape index (κ3) is 4.84. The minimum Gasteiger partial charge on any atom is -0.496 e. The second-order valence-electron chi connectivity index (χ2n) is 5.85. The number of aromatic amines is 1. The van der Waals surface area contributed by atoms with Crippen molar-refractivity contribution in [2.75, 3.05) is 7.11 Å². The number of hydrogen-bond donors (Lipinski definition) is 1. The summed E-state index contributed by atoms with van der Waals surface area (Å²) in [4.78, 5) is 10.2. The lowest BCUT2D eigenvalue weighted by Gasteiger charge is -2.11. The molecule has 0 bridgehead atoms. The molecule has 2 aromatic carbocycles. The van der Waals surface area contributed by atoms with Crippen LogP contribution in [0.3, 0.4) is 0 Å². The number of hydrogen-bond acceptors (Lipinski definition) is 7. The average Bonchev–Trinajstić information content (AvgIpc) is 3.11. The van der Waals surface area contributed by atoms with E-state index < -0.39 is 17.2 Å². The molecule has 0 aliphatic carbocycles. The molecule has 1 heterocycles. The molecule has 0 aliphatic rings. The standard InChI is InChI=1S/C18H15F2N5O4S/c1-28-15-7-2-11(9-21-24-17(16(19)20)22-23-18(24)30)8-12(15)10-29-14-5-3-13(4-6-14)25(26)27/h2-9,16H,10H2,1H3,(H,23,30). The molecule has 3 rings (SSSR count). The van der Waals surface area contributed by atoms with Crippen molar-refractivity contribution in [2.24, 2.45) is 5.10 Å². The van der Waals surface area contributed by atoms with Gasteiger partial charge in [-0.3, -0.25) is 10.1 Å². The van der Waals surface area contributed by atoms with Gasteiger partial charge in [0.15, 0.2) is 0 Å². The second kappa shape index (κ2) is 9.22. The first-order valence-electron chi connectivity index (χ1n) is 8.43. The summed E-state index contributed by atoms with van der Waals surface area (Å²) in [5, 5.41) is 20.4. The number of rotatable bonds is 8. The summed E-state index contributed by atoms with van der Waals surface area (Å²) in [6.45, 7) is 0.107. The van der Waals surface area contributed by atoms with Gasteiger partial charge in [-0.15, -0.1) is 0 Å². The summed E-state index contributed by atoms with van der Waals surface area (Å²) in [5.74, 6) is 0.391. The van der Waals surface area contributed by atoms with Gasteiger partial charge in [-0.25, -0.2) is 13.9 Å². The van der Waals surface area contributed by atoms with E-state index in [0.717, 1.165) is 4.68 Å². The number of alkyl halides is 2. The lowest BCUT2D eigenvalue weighted by atomic mass is 10.1. The van der Waals surface area contributed by atoms with E-state index in [1.807, 2.05) is 0 Å². The molecule has 3 aromatic rings. The van der Waals surface area contributed by atoms with Crippen LogP contribution in [0.1, 0.15) is 23.4 Å². The highest BCUT2D eigenvalue weighted by molar-refractivity contribution is 7.71. The molecule has 0 spiro atoms. The van der Waals surface area contributed by atoms with E-state index in [4.69, 9.17) is 21.7 Å². The van der Waals surface area contributed by atoms with Crippen LogP contribution in [0.15, 0.2) is 47.6 Å². The number of H-pyrrole nitrogens is 1. The van der Waals surface area contributed by atoms with Crippen LogP contribution in [0.25, 0.3) is 0 Å². The molecule has 0 radical (unpaired) electrons. The van der Waals surface area contributed by atoms with Gasteiger partial charge in [0.05, 0.1) is 18.2 Å². The van der Waals surface area contributed by atoms with Gasteiger partial charge in [0.25, 0.3) is 12.1 Å². The maximum absolute atomic E-state index is 13.0. The van der Waals surface area contributed by atoms with Gasteiger partial charge in [0.2, 0.25) is 10.6 Å².